The lowest BCUT2D eigenvalue weighted by Gasteiger charge is -2.53. The van der Waals surface area contributed by atoms with Crippen molar-refractivity contribution in [2.45, 2.75) is 77.9 Å². The molecular weight excluding hydrogens is 344 g/mol. The second kappa shape index (κ2) is 6.75. The molecule has 7 unspecified atom stereocenters. The Hall–Kier alpha value is -1.65. The van der Waals surface area contributed by atoms with Gasteiger partial charge in [-0.2, -0.15) is 0 Å². The maximum absolute atomic E-state index is 12.3. The topological polar surface area (TPSA) is 69.7 Å². The Morgan fingerprint density at radius 1 is 1.04 bits per heavy atom. The molecule has 0 spiro atoms. The second-order valence-corrected chi connectivity index (χ2v) is 9.25. The zero-order chi connectivity index (χ0) is 19.3. The van der Waals surface area contributed by atoms with Crippen LogP contribution < -0.4 is 0 Å². The molecule has 0 aromatic rings. The first-order valence-corrected chi connectivity index (χ1v) is 10.4. The number of esters is 2. The monoisotopic (exact) mass is 374 g/mol. The van der Waals surface area contributed by atoms with E-state index in [1.54, 1.807) is 6.08 Å². The number of ether oxygens (including phenoxy) is 2. The van der Waals surface area contributed by atoms with E-state index in [-0.39, 0.29) is 29.2 Å². The quantitative estimate of drug-likeness (QED) is 0.691. The number of carbonyl (C=O) groups is 3. The third kappa shape index (κ3) is 3.13. The van der Waals surface area contributed by atoms with Gasteiger partial charge in [-0.3, -0.25) is 14.4 Å². The third-order valence-corrected chi connectivity index (χ3v) is 7.89. The number of allylic oxidation sites excluding steroid dienone is 1. The van der Waals surface area contributed by atoms with Crippen LogP contribution in [-0.4, -0.2) is 29.9 Å². The molecule has 4 aliphatic rings. The van der Waals surface area contributed by atoms with Crippen LogP contribution in [0.25, 0.3) is 0 Å². The molecule has 0 amide bonds. The highest BCUT2D eigenvalue weighted by atomic mass is 16.5. The minimum Gasteiger partial charge on any atom is -0.462 e. The summed E-state index contributed by atoms with van der Waals surface area (Å²) in [6.07, 6.45) is 8.16. The molecule has 5 nitrogen and oxygen atoms in total. The lowest BCUT2D eigenvalue weighted by molar-refractivity contribution is -0.158. The van der Waals surface area contributed by atoms with E-state index in [2.05, 4.69) is 6.92 Å². The van der Waals surface area contributed by atoms with Crippen molar-refractivity contribution >= 4 is 17.7 Å². The standard InChI is InChI=1S/C22H30O5/c1-12(23)26-20-11-17-14(10-19(20)25)4-5-16-15(17)8-9-22(3)18(16)6-7-21(22)27-13(2)24/h10,15-18,20-21H,4-9,11H2,1-3H3. The summed E-state index contributed by atoms with van der Waals surface area (Å²) in [5.41, 5.74) is 1.34. The first-order chi connectivity index (χ1) is 12.8. The molecule has 0 aliphatic heterocycles. The molecule has 3 saturated carbocycles. The molecule has 0 saturated heterocycles. The van der Waals surface area contributed by atoms with Crippen LogP contribution in [0.2, 0.25) is 0 Å². The van der Waals surface area contributed by atoms with E-state index in [9.17, 15) is 14.4 Å². The van der Waals surface area contributed by atoms with Crippen LogP contribution in [-0.2, 0) is 23.9 Å². The lowest BCUT2D eigenvalue weighted by atomic mass is 9.52. The number of fused-ring (bicyclic) bond motifs is 5. The first-order valence-electron chi connectivity index (χ1n) is 10.4. The van der Waals surface area contributed by atoms with Gasteiger partial charge in [-0.15, -0.1) is 0 Å². The summed E-state index contributed by atoms with van der Waals surface area (Å²) in [6.45, 7) is 5.19. The van der Waals surface area contributed by atoms with Crippen LogP contribution in [0.5, 0.6) is 0 Å². The number of rotatable bonds is 2. The highest BCUT2D eigenvalue weighted by Crippen LogP contribution is 2.62. The molecule has 3 fully saturated rings. The van der Waals surface area contributed by atoms with Gasteiger partial charge in [-0.1, -0.05) is 12.5 Å². The van der Waals surface area contributed by atoms with Crippen molar-refractivity contribution in [1.29, 1.82) is 0 Å². The van der Waals surface area contributed by atoms with E-state index in [1.165, 1.54) is 19.4 Å². The molecule has 4 rings (SSSR count). The normalized spacial score (nSPS) is 43.1. The molecule has 27 heavy (non-hydrogen) atoms. The Balaban J connectivity index is 1.55. The molecular formula is C22H30O5. The van der Waals surface area contributed by atoms with Crippen LogP contribution in [0, 0.1) is 29.1 Å². The Bertz CT molecular complexity index is 695. The predicted molar refractivity (Wildman–Crippen MR) is 98.6 cm³/mol. The van der Waals surface area contributed by atoms with Crippen LogP contribution in [0.1, 0.15) is 65.7 Å². The molecule has 0 aromatic heterocycles. The summed E-state index contributed by atoms with van der Waals surface area (Å²) in [7, 11) is 0. The van der Waals surface area contributed by atoms with Gasteiger partial charge in [0.15, 0.2) is 11.9 Å². The SMILES string of the molecule is CC(=O)OC1CC2C(=CC1=O)CCC1C2CCC2(C)C(OC(C)=O)CCC12. The molecule has 4 aliphatic carbocycles. The fraction of sp³-hybridized carbons (Fsp3) is 0.773. The summed E-state index contributed by atoms with van der Waals surface area (Å²) in [6, 6.07) is 0. The van der Waals surface area contributed by atoms with Crippen molar-refractivity contribution in [3.8, 4) is 0 Å². The van der Waals surface area contributed by atoms with Crippen molar-refractivity contribution in [3.05, 3.63) is 11.6 Å². The van der Waals surface area contributed by atoms with Crippen LogP contribution >= 0.6 is 0 Å². The van der Waals surface area contributed by atoms with Gasteiger partial charge in [-0.25, -0.2) is 0 Å². The third-order valence-electron chi connectivity index (χ3n) is 7.89. The largest absolute Gasteiger partial charge is 0.462 e. The highest BCUT2D eigenvalue weighted by Gasteiger charge is 2.57. The van der Waals surface area contributed by atoms with Crippen molar-refractivity contribution < 1.29 is 23.9 Å². The van der Waals surface area contributed by atoms with E-state index in [0.717, 1.165) is 38.5 Å². The van der Waals surface area contributed by atoms with E-state index >= 15 is 0 Å². The second-order valence-electron chi connectivity index (χ2n) is 9.25. The van der Waals surface area contributed by atoms with Gasteiger partial charge in [0.1, 0.15) is 6.10 Å². The molecule has 5 heteroatoms. The Labute approximate surface area is 160 Å². The van der Waals surface area contributed by atoms with Crippen molar-refractivity contribution in [2.75, 3.05) is 0 Å². The van der Waals surface area contributed by atoms with Crippen molar-refractivity contribution in [3.63, 3.8) is 0 Å². The van der Waals surface area contributed by atoms with E-state index in [1.807, 2.05) is 0 Å². The van der Waals surface area contributed by atoms with E-state index < -0.39 is 6.10 Å². The number of hydrogen-bond donors (Lipinski definition) is 0. The maximum atomic E-state index is 12.3. The molecule has 148 valence electrons. The fourth-order valence-corrected chi connectivity index (χ4v) is 6.81. The van der Waals surface area contributed by atoms with Crippen LogP contribution in [0.15, 0.2) is 11.6 Å². The average molecular weight is 374 g/mol. The van der Waals surface area contributed by atoms with Crippen molar-refractivity contribution in [2.24, 2.45) is 29.1 Å². The summed E-state index contributed by atoms with van der Waals surface area (Å²) in [5.74, 6) is 1.48. The van der Waals surface area contributed by atoms with Gasteiger partial charge in [0.05, 0.1) is 0 Å². The van der Waals surface area contributed by atoms with Crippen molar-refractivity contribution in [1.82, 2.24) is 0 Å². The average Bonchev–Trinajstić information content (AvgIpc) is 2.91. The fourth-order valence-electron chi connectivity index (χ4n) is 6.81. The zero-order valence-electron chi connectivity index (χ0n) is 16.5. The summed E-state index contributed by atoms with van der Waals surface area (Å²) in [5, 5.41) is 0. The Kier molecular flexibility index (Phi) is 4.68. The van der Waals surface area contributed by atoms with Gasteiger partial charge in [0, 0.05) is 19.3 Å². The molecule has 0 bridgehead atoms. The van der Waals surface area contributed by atoms with Gasteiger partial charge < -0.3 is 9.47 Å². The minimum atomic E-state index is -0.610. The molecule has 0 heterocycles. The van der Waals surface area contributed by atoms with E-state index in [4.69, 9.17) is 9.47 Å². The summed E-state index contributed by atoms with van der Waals surface area (Å²) in [4.78, 5) is 35.2. The summed E-state index contributed by atoms with van der Waals surface area (Å²) < 4.78 is 11.0. The molecule has 0 radical (unpaired) electrons. The van der Waals surface area contributed by atoms with Gasteiger partial charge in [-0.05, 0) is 74.7 Å². The molecule has 0 aromatic carbocycles. The van der Waals surface area contributed by atoms with Crippen LogP contribution in [0.4, 0.5) is 0 Å². The number of carbonyl (C=O) groups excluding carboxylic acids is 3. The highest BCUT2D eigenvalue weighted by molar-refractivity contribution is 5.96. The minimum absolute atomic E-state index is 0.0413. The smallest absolute Gasteiger partial charge is 0.303 e. The number of hydrogen-bond acceptors (Lipinski definition) is 5. The van der Waals surface area contributed by atoms with Gasteiger partial charge in [0.2, 0.25) is 0 Å². The first kappa shape index (κ1) is 18.7. The Morgan fingerprint density at radius 2 is 1.78 bits per heavy atom. The zero-order valence-corrected chi connectivity index (χ0v) is 16.5. The van der Waals surface area contributed by atoms with E-state index in [0.29, 0.717) is 30.1 Å². The maximum Gasteiger partial charge on any atom is 0.303 e. The number of ketones is 1. The lowest BCUT2D eigenvalue weighted by Crippen LogP contribution is -2.49. The Morgan fingerprint density at radius 3 is 2.48 bits per heavy atom. The van der Waals surface area contributed by atoms with Gasteiger partial charge >= 0.3 is 11.9 Å². The predicted octanol–water partition coefficient (Wildman–Crippen LogP) is 3.60. The molecule has 7 atom stereocenters. The van der Waals surface area contributed by atoms with Gasteiger partial charge in [0.25, 0.3) is 0 Å². The van der Waals surface area contributed by atoms with Crippen LogP contribution in [0.3, 0.4) is 0 Å². The molecule has 0 N–H and O–H groups in total. The summed E-state index contributed by atoms with van der Waals surface area (Å²) >= 11 is 0.